The van der Waals surface area contributed by atoms with Crippen LogP contribution in [0.5, 0.6) is 0 Å². The highest BCUT2D eigenvalue weighted by molar-refractivity contribution is 8.67. The van der Waals surface area contributed by atoms with Gasteiger partial charge in [-0.05, 0) is 11.8 Å². The molecule has 0 amide bonds. The molecule has 50 valence electrons. The standard InChI is InChI=1S/CH7N2O2PS2/c1-4-6(7,5-2)8-3/h2-3H2,1H3. The van der Waals surface area contributed by atoms with Crippen molar-refractivity contribution < 1.29 is 9.15 Å². The second-order valence-corrected chi connectivity index (χ2v) is 6.73. The van der Waals surface area contributed by atoms with Crippen LogP contribution in [0.15, 0.2) is 0 Å². The minimum Gasteiger partial charge on any atom is -0.323 e. The molecule has 4 N–H and O–H groups in total. The van der Waals surface area contributed by atoms with Gasteiger partial charge in [0.05, 0.1) is 0 Å². The van der Waals surface area contributed by atoms with Crippen molar-refractivity contribution in [2.75, 3.05) is 7.11 Å². The lowest BCUT2D eigenvalue weighted by Crippen LogP contribution is -1.97. The zero-order valence-corrected chi connectivity index (χ0v) is 6.76. The maximum Gasteiger partial charge on any atom is 0.278 e. The van der Waals surface area contributed by atoms with E-state index in [1.54, 1.807) is 0 Å². The summed E-state index contributed by atoms with van der Waals surface area (Å²) in [5.41, 5.74) is -2.36. The van der Waals surface area contributed by atoms with E-state index in [1.165, 1.54) is 7.11 Å². The van der Waals surface area contributed by atoms with Crippen molar-refractivity contribution in [3.05, 3.63) is 0 Å². The number of hydrogen-bond acceptors (Lipinski definition) is 6. The van der Waals surface area contributed by atoms with Gasteiger partial charge in [-0.2, -0.15) is 0 Å². The molecule has 0 saturated carbocycles. The molecule has 0 aliphatic heterocycles. The van der Waals surface area contributed by atoms with Gasteiger partial charge in [-0.3, -0.25) is 5.14 Å². The molecule has 0 bridgehead atoms. The van der Waals surface area contributed by atoms with Gasteiger partial charge in [0.2, 0.25) is 0 Å². The molecule has 1 unspecified atom stereocenters. The van der Waals surface area contributed by atoms with Gasteiger partial charge < -0.3 is 4.52 Å². The third-order valence-corrected chi connectivity index (χ3v) is 4.41. The van der Waals surface area contributed by atoms with Crippen LogP contribution in [-0.4, -0.2) is 7.11 Å². The Morgan fingerprint density at radius 1 is 1.75 bits per heavy atom. The molecule has 0 aliphatic rings. The van der Waals surface area contributed by atoms with Crippen molar-refractivity contribution in [2.45, 2.75) is 0 Å². The summed E-state index contributed by atoms with van der Waals surface area (Å²) in [6.07, 6.45) is 0. The van der Waals surface area contributed by atoms with Gasteiger partial charge in [0.1, 0.15) is 0 Å². The molecule has 0 spiro atoms. The van der Waals surface area contributed by atoms with Gasteiger partial charge in [-0.25, -0.2) is 10.5 Å². The lowest BCUT2D eigenvalue weighted by atomic mass is 11.8. The topological polar surface area (TPSA) is 70.5 Å². The van der Waals surface area contributed by atoms with Gasteiger partial charge in [0.15, 0.2) is 0 Å². The molecule has 4 nitrogen and oxygen atoms in total. The average Bonchev–Trinajstić information content (AvgIpc) is 1.87. The lowest BCUT2D eigenvalue weighted by molar-refractivity contribution is 0.305. The molecule has 0 radical (unpaired) electrons. The van der Waals surface area contributed by atoms with Crippen molar-refractivity contribution in [3.63, 3.8) is 0 Å². The first-order valence-electron chi connectivity index (χ1n) is 1.61. The van der Waals surface area contributed by atoms with Gasteiger partial charge in [0, 0.05) is 18.7 Å². The van der Waals surface area contributed by atoms with Crippen molar-refractivity contribution in [1.29, 1.82) is 0 Å². The van der Waals surface area contributed by atoms with Crippen LogP contribution in [0, 0.1) is 0 Å². The van der Waals surface area contributed by atoms with Gasteiger partial charge in [-0.15, -0.1) is 0 Å². The lowest BCUT2D eigenvalue weighted by Gasteiger charge is -2.10. The van der Waals surface area contributed by atoms with E-state index >= 15 is 0 Å². The Labute approximate surface area is 56.9 Å². The molecule has 7 heteroatoms. The molecule has 0 rings (SSSR count). The molecule has 8 heavy (non-hydrogen) atoms. The van der Waals surface area contributed by atoms with Crippen LogP contribution in [-0.2, 0) is 21.0 Å². The van der Waals surface area contributed by atoms with Crippen molar-refractivity contribution in [2.24, 2.45) is 11.0 Å². The maximum atomic E-state index is 5.06. The summed E-state index contributed by atoms with van der Waals surface area (Å²) >= 11 is 5.51. The van der Waals surface area contributed by atoms with E-state index in [2.05, 4.69) is 21.0 Å². The van der Waals surface area contributed by atoms with Crippen LogP contribution in [0.1, 0.15) is 0 Å². The highest BCUT2D eigenvalue weighted by Crippen LogP contribution is 2.55. The highest BCUT2D eigenvalue weighted by Gasteiger charge is 2.13. The van der Waals surface area contributed by atoms with Crippen molar-refractivity contribution >= 4 is 29.1 Å². The van der Waals surface area contributed by atoms with Crippen molar-refractivity contribution in [1.82, 2.24) is 0 Å². The zero-order valence-electron chi connectivity index (χ0n) is 4.23. The summed E-state index contributed by atoms with van der Waals surface area (Å²) in [5.74, 6) is 4.75. The smallest absolute Gasteiger partial charge is 0.278 e. The van der Waals surface area contributed by atoms with Crippen LogP contribution >= 0.6 is 17.3 Å². The normalized spacial score (nSPS) is 17.9. The molecule has 0 aromatic rings. The van der Waals surface area contributed by atoms with Crippen LogP contribution in [0.3, 0.4) is 0 Å². The molecular weight excluding hydrogens is 167 g/mol. The highest BCUT2D eigenvalue weighted by atomic mass is 32.9. The molecule has 0 aromatic carbocycles. The van der Waals surface area contributed by atoms with Gasteiger partial charge in [-0.1, -0.05) is 0 Å². The van der Waals surface area contributed by atoms with Crippen molar-refractivity contribution in [3.8, 4) is 0 Å². The fraction of sp³-hybridized carbons (Fsp3) is 1.00. The van der Waals surface area contributed by atoms with Crippen LogP contribution < -0.4 is 11.0 Å². The second kappa shape index (κ2) is 3.79. The maximum absolute atomic E-state index is 5.06. The molecule has 0 saturated heterocycles. The second-order valence-electron chi connectivity index (χ2n) is 0.841. The van der Waals surface area contributed by atoms with E-state index in [0.717, 1.165) is 11.6 Å². The largest absolute Gasteiger partial charge is 0.323 e. The van der Waals surface area contributed by atoms with Crippen LogP contribution in [0.2, 0.25) is 0 Å². The fourth-order valence-corrected chi connectivity index (χ4v) is 0.740. The minimum atomic E-state index is -2.36. The molecular formula is CH7N2O2PS2. The predicted octanol–water partition coefficient (Wildman–Crippen LogP) is 0.355. The molecule has 0 aliphatic carbocycles. The summed E-state index contributed by atoms with van der Waals surface area (Å²) in [5, 5.41) is 5.06. The number of rotatable bonds is 3. The SMILES string of the molecule is COP(=S)(ON)SN. The first-order chi connectivity index (χ1) is 3.68. The van der Waals surface area contributed by atoms with E-state index in [0.29, 0.717) is 0 Å². The summed E-state index contributed by atoms with van der Waals surface area (Å²) < 4.78 is 8.93. The summed E-state index contributed by atoms with van der Waals surface area (Å²) in [4.78, 5) is 0. The first kappa shape index (κ1) is 8.84. The van der Waals surface area contributed by atoms with E-state index < -0.39 is 5.69 Å². The first-order valence-corrected chi connectivity index (χ1v) is 5.73. The zero-order chi connectivity index (χ0) is 6.62. The monoisotopic (exact) mass is 174 g/mol. The Bertz CT molecular complexity index is 89.2. The number of hydrogen-bond donors (Lipinski definition) is 2. The van der Waals surface area contributed by atoms with Crippen LogP contribution in [0.4, 0.5) is 0 Å². The quantitative estimate of drug-likeness (QED) is 0.365. The van der Waals surface area contributed by atoms with E-state index in [9.17, 15) is 0 Å². The Morgan fingerprint density at radius 3 is 2.25 bits per heavy atom. The minimum absolute atomic E-state index is 0.829. The van der Waals surface area contributed by atoms with E-state index in [4.69, 9.17) is 11.0 Å². The predicted molar refractivity (Wildman–Crippen MR) is 38.3 cm³/mol. The Hall–Kier alpha value is 0.840. The fourth-order valence-electron chi connectivity index (χ4n) is 0.111. The third kappa shape index (κ3) is 2.41. The van der Waals surface area contributed by atoms with E-state index in [-0.39, 0.29) is 0 Å². The Kier molecular flexibility index (Phi) is 4.19. The Balaban J connectivity index is 3.79. The summed E-state index contributed by atoms with van der Waals surface area (Å²) in [7, 11) is 1.41. The molecule has 1 atom stereocenters. The summed E-state index contributed by atoms with van der Waals surface area (Å²) in [6, 6.07) is 0. The van der Waals surface area contributed by atoms with E-state index in [1.807, 2.05) is 0 Å². The van der Waals surface area contributed by atoms with Gasteiger partial charge >= 0.3 is 0 Å². The summed E-state index contributed by atoms with van der Waals surface area (Å²) in [6.45, 7) is 0. The van der Waals surface area contributed by atoms with Gasteiger partial charge in [0.25, 0.3) is 5.69 Å². The average molecular weight is 174 g/mol. The third-order valence-electron chi connectivity index (χ3n) is 0.482. The Morgan fingerprint density at radius 2 is 2.25 bits per heavy atom. The molecule has 0 fully saturated rings. The molecule has 0 heterocycles. The number of nitrogens with two attached hydrogens (primary N) is 2. The molecule has 0 aromatic heterocycles. The van der Waals surface area contributed by atoms with Crippen LogP contribution in [0.25, 0.3) is 0 Å².